The van der Waals surface area contributed by atoms with Crippen molar-refractivity contribution in [2.75, 3.05) is 6.54 Å². The second-order valence-electron chi connectivity index (χ2n) is 6.42. The van der Waals surface area contributed by atoms with E-state index >= 15 is 0 Å². The molecule has 0 bridgehead atoms. The van der Waals surface area contributed by atoms with E-state index in [9.17, 15) is 14.3 Å². The van der Waals surface area contributed by atoms with Crippen molar-refractivity contribution in [1.29, 1.82) is 0 Å². The van der Waals surface area contributed by atoms with Crippen LogP contribution in [0.25, 0.3) is 22.8 Å². The lowest BCUT2D eigenvalue weighted by molar-refractivity contribution is 0.0688. The van der Waals surface area contributed by atoms with Gasteiger partial charge >= 0.3 is 5.97 Å². The van der Waals surface area contributed by atoms with Crippen LogP contribution in [0.1, 0.15) is 28.0 Å². The lowest BCUT2D eigenvalue weighted by atomic mass is 9.93. The minimum Gasteiger partial charge on any atom is -0.476 e. The molecule has 1 aliphatic carbocycles. The summed E-state index contributed by atoms with van der Waals surface area (Å²) in [5.41, 5.74) is 9.40. The summed E-state index contributed by atoms with van der Waals surface area (Å²) in [7, 11) is 0. The Kier molecular flexibility index (Phi) is 4.41. The first-order valence-electron chi connectivity index (χ1n) is 8.73. The van der Waals surface area contributed by atoms with Crippen LogP contribution in [0, 0.1) is 5.82 Å². The van der Waals surface area contributed by atoms with Gasteiger partial charge in [0.25, 0.3) is 0 Å². The van der Waals surface area contributed by atoms with Gasteiger partial charge in [0.1, 0.15) is 5.82 Å². The van der Waals surface area contributed by atoms with Crippen LogP contribution in [0.15, 0.2) is 30.5 Å². The molecule has 0 radical (unpaired) electrons. The summed E-state index contributed by atoms with van der Waals surface area (Å²) >= 11 is 0. The van der Waals surface area contributed by atoms with Crippen LogP contribution in [0.5, 0.6) is 0 Å². The van der Waals surface area contributed by atoms with Crippen LogP contribution in [0.4, 0.5) is 4.39 Å². The zero-order valence-corrected chi connectivity index (χ0v) is 14.5. The Morgan fingerprint density at radius 2 is 2.04 bits per heavy atom. The van der Waals surface area contributed by atoms with E-state index in [0.29, 0.717) is 60.7 Å². The molecule has 0 amide bonds. The largest absolute Gasteiger partial charge is 0.476 e. The predicted molar refractivity (Wildman–Crippen MR) is 96.7 cm³/mol. The Morgan fingerprint density at radius 3 is 2.74 bits per heavy atom. The zero-order chi connectivity index (χ0) is 19.0. The van der Waals surface area contributed by atoms with Crippen molar-refractivity contribution in [3.63, 3.8) is 0 Å². The molecule has 3 aromatic rings. The second kappa shape index (κ2) is 6.88. The SMILES string of the molecule is NCCCn1nc(C(=O)O)c2c1-c1nc(-c3ccc(F)cc3)ncc1CC2. The van der Waals surface area contributed by atoms with Crippen LogP contribution in [0.3, 0.4) is 0 Å². The van der Waals surface area contributed by atoms with Gasteiger partial charge < -0.3 is 10.8 Å². The molecule has 0 unspecified atom stereocenters. The molecule has 0 atom stereocenters. The normalized spacial score (nSPS) is 12.5. The monoisotopic (exact) mass is 367 g/mol. The first-order valence-corrected chi connectivity index (χ1v) is 8.73. The van der Waals surface area contributed by atoms with Gasteiger partial charge in [-0.25, -0.2) is 19.2 Å². The Hall–Kier alpha value is -3.13. The van der Waals surface area contributed by atoms with E-state index in [1.54, 1.807) is 23.0 Å². The van der Waals surface area contributed by atoms with E-state index in [-0.39, 0.29) is 11.5 Å². The number of hydrogen-bond donors (Lipinski definition) is 2. The maximum absolute atomic E-state index is 13.2. The molecule has 8 heteroatoms. The fourth-order valence-electron chi connectivity index (χ4n) is 3.37. The van der Waals surface area contributed by atoms with Gasteiger partial charge in [0.2, 0.25) is 0 Å². The third kappa shape index (κ3) is 3.08. The fourth-order valence-corrected chi connectivity index (χ4v) is 3.37. The maximum atomic E-state index is 13.2. The zero-order valence-electron chi connectivity index (χ0n) is 14.5. The lowest BCUT2D eigenvalue weighted by Gasteiger charge is -2.18. The number of aryl methyl sites for hydroxylation is 2. The molecule has 0 aliphatic heterocycles. The average molecular weight is 367 g/mol. The number of rotatable bonds is 5. The average Bonchev–Trinajstić information content (AvgIpc) is 3.06. The highest BCUT2D eigenvalue weighted by molar-refractivity contribution is 5.90. The summed E-state index contributed by atoms with van der Waals surface area (Å²) in [6.45, 7) is 0.996. The Morgan fingerprint density at radius 1 is 1.26 bits per heavy atom. The standard InChI is InChI=1S/C19H18FN5O2/c20-13-5-2-11(3-6-13)18-22-10-12-4-7-14-16(19(26)27)24-25(9-1-8-21)17(14)15(12)23-18/h2-3,5-6,10H,1,4,7-9,21H2,(H,26,27). The van der Waals surface area contributed by atoms with Gasteiger partial charge in [-0.15, -0.1) is 0 Å². The number of carbonyl (C=O) groups is 1. The molecule has 4 rings (SSSR count). The van der Waals surface area contributed by atoms with Crippen LogP contribution in [-0.4, -0.2) is 37.4 Å². The van der Waals surface area contributed by atoms with Crippen LogP contribution < -0.4 is 5.73 Å². The number of halogens is 1. The smallest absolute Gasteiger partial charge is 0.356 e. The number of benzene rings is 1. The molecule has 1 aliphatic rings. The minimum absolute atomic E-state index is 0.0645. The van der Waals surface area contributed by atoms with Crippen LogP contribution in [-0.2, 0) is 19.4 Å². The molecular formula is C19H18FN5O2. The van der Waals surface area contributed by atoms with Gasteiger partial charge in [-0.05, 0) is 55.6 Å². The first kappa shape index (κ1) is 17.3. The van der Waals surface area contributed by atoms with Gasteiger partial charge in [-0.1, -0.05) is 0 Å². The molecular weight excluding hydrogens is 349 g/mol. The van der Waals surface area contributed by atoms with Crippen molar-refractivity contribution in [3.8, 4) is 22.8 Å². The Balaban J connectivity index is 1.86. The molecule has 0 saturated heterocycles. The number of carboxylic acid groups (broad SMARTS) is 1. The van der Waals surface area contributed by atoms with Crippen molar-refractivity contribution in [1.82, 2.24) is 19.7 Å². The molecule has 0 saturated carbocycles. The molecule has 1 aromatic carbocycles. The number of hydrogen-bond acceptors (Lipinski definition) is 5. The first-order chi connectivity index (χ1) is 13.1. The van der Waals surface area contributed by atoms with Crippen LogP contribution in [0.2, 0.25) is 0 Å². The summed E-state index contributed by atoms with van der Waals surface area (Å²) in [4.78, 5) is 20.7. The molecule has 0 fully saturated rings. The summed E-state index contributed by atoms with van der Waals surface area (Å²) in [6, 6.07) is 5.96. The quantitative estimate of drug-likeness (QED) is 0.716. The van der Waals surface area contributed by atoms with E-state index in [1.165, 1.54) is 12.1 Å². The van der Waals surface area contributed by atoms with Gasteiger partial charge in [-0.2, -0.15) is 5.10 Å². The molecule has 27 heavy (non-hydrogen) atoms. The van der Waals surface area contributed by atoms with E-state index in [1.807, 2.05) is 0 Å². The molecule has 7 nitrogen and oxygen atoms in total. The highest BCUT2D eigenvalue weighted by Crippen LogP contribution is 2.35. The summed E-state index contributed by atoms with van der Waals surface area (Å²) in [5, 5.41) is 13.8. The summed E-state index contributed by atoms with van der Waals surface area (Å²) < 4.78 is 14.9. The van der Waals surface area contributed by atoms with Crippen LogP contribution >= 0.6 is 0 Å². The highest BCUT2D eigenvalue weighted by atomic mass is 19.1. The number of fused-ring (bicyclic) bond motifs is 3. The topological polar surface area (TPSA) is 107 Å². The number of aromatic carboxylic acids is 1. The molecule has 0 spiro atoms. The number of nitrogens with zero attached hydrogens (tertiary/aromatic N) is 4. The minimum atomic E-state index is -1.05. The third-order valence-corrected chi connectivity index (χ3v) is 4.66. The highest BCUT2D eigenvalue weighted by Gasteiger charge is 2.29. The Labute approximate surface area is 154 Å². The molecule has 2 aromatic heterocycles. The van der Waals surface area contributed by atoms with Gasteiger partial charge in [0.05, 0.1) is 11.4 Å². The summed E-state index contributed by atoms with van der Waals surface area (Å²) in [5.74, 6) is -0.913. The van der Waals surface area contributed by atoms with E-state index < -0.39 is 5.97 Å². The van der Waals surface area contributed by atoms with Gasteiger partial charge in [0.15, 0.2) is 11.5 Å². The van der Waals surface area contributed by atoms with Crippen molar-refractivity contribution >= 4 is 5.97 Å². The van der Waals surface area contributed by atoms with Gasteiger partial charge in [-0.3, -0.25) is 4.68 Å². The molecule has 2 heterocycles. The van der Waals surface area contributed by atoms with E-state index in [0.717, 1.165) is 5.56 Å². The van der Waals surface area contributed by atoms with E-state index in [2.05, 4.69) is 15.1 Å². The fraction of sp³-hybridized carbons (Fsp3) is 0.263. The van der Waals surface area contributed by atoms with Crippen molar-refractivity contribution in [3.05, 3.63) is 53.1 Å². The van der Waals surface area contributed by atoms with Gasteiger partial charge in [0, 0.05) is 23.9 Å². The number of carboxylic acids is 1. The van der Waals surface area contributed by atoms with Crippen molar-refractivity contribution in [2.24, 2.45) is 5.73 Å². The summed E-state index contributed by atoms with van der Waals surface area (Å²) in [6.07, 6.45) is 3.66. The van der Waals surface area contributed by atoms with Crippen molar-refractivity contribution < 1.29 is 14.3 Å². The second-order valence-corrected chi connectivity index (χ2v) is 6.42. The number of aromatic nitrogens is 4. The maximum Gasteiger partial charge on any atom is 0.356 e. The number of nitrogens with two attached hydrogens (primary N) is 1. The van der Waals surface area contributed by atoms with E-state index in [4.69, 9.17) is 5.73 Å². The Bertz CT molecular complexity index is 1010. The third-order valence-electron chi connectivity index (χ3n) is 4.66. The molecule has 3 N–H and O–H groups in total. The lowest BCUT2D eigenvalue weighted by Crippen LogP contribution is -2.13. The van der Waals surface area contributed by atoms with Crippen molar-refractivity contribution in [2.45, 2.75) is 25.8 Å². The predicted octanol–water partition coefficient (Wildman–Crippen LogP) is 2.29. The molecule has 138 valence electrons.